The maximum absolute atomic E-state index is 10.3. The number of carboxylic acid groups (broad SMARTS) is 2. The zero-order valence-corrected chi connectivity index (χ0v) is 14.2. The molecular weight excluding hydrogens is 296 g/mol. The molecule has 0 atom stereocenters. The van der Waals surface area contributed by atoms with Crippen LogP contribution >= 0.6 is 0 Å². The van der Waals surface area contributed by atoms with Crippen LogP contribution in [0.25, 0.3) is 0 Å². The smallest absolute Gasteiger partial charge is 0.335 e. The van der Waals surface area contributed by atoms with Crippen LogP contribution in [0.15, 0.2) is 24.3 Å². The Morgan fingerprint density at radius 3 is 1.87 bits per heavy atom. The predicted octanol–water partition coefficient (Wildman–Crippen LogP) is 0.960. The van der Waals surface area contributed by atoms with E-state index >= 15 is 0 Å². The molecule has 23 heavy (non-hydrogen) atoms. The minimum absolute atomic E-state index is 0.0278. The number of unbranched alkanes of at least 4 members (excludes halogenated alkanes) is 3. The summed E-state index contributed by atoms with van der Waals surface area (Å²) < 4.78 is 1.09. The Labute approximate surface area is 138 Å². The molecule has 1 aromatic rings. The lowest BCUT2D eigenvalue weighted by Crippen LogP contribution is -2.35. The Morgan fingerprint density at radius 1 is 1.00 bits per heavy atom. The summed E-state index contributed by atoms with van der Waals surface area (Å²) >= 11 is 0. The number of quaternary nitrogens is 1. The second-order valence-electron chi connectivity index (χ2n) is 6.39. The van der Waals surface area contributed by atoms with Crippen LogP contribution in [-0.2, 0) is 0 Å². The van der Waals surface area contributed by atoms with Crippen molar-refractivity contribution in [2.24, 2.45) is 5.73 Å². The van der Waals surface area contributed by atoms with Gasteiger partial charge >= 0.3 is 5.97 Å². The van der Waals surface area contributed by atoms with Crippen molar-refractivity contribution in [3.8, 4) is 0 Å². The summed E-state index contributed by atoms with van der Waals surface area (Å²) in [5, 5.41) is 18.7. The first-order valence-corrected chi connectivity index (χ1v) is 7.72. The number of carbonyl (C=O) groups is 2. The van der Waals surface area contributed by atoms with E-state index in [1.165, 1.54) is 56.5 Å². The number of carboxylic acids is 2. The van der Waals surface area contributed by atoms with Gasteiger partial charge in [0.2, 0.25) is 0 Å². The number of nitrogens with two attached hydrogens (primary N) is 1. The fourth-order valence-corrected chi connectivity index (χ4v) is 1.83. The third kappa shape index (κ3) is 11.3. The minimum Gasteiger partial charge on any atom is -0.545 e. The van der Waals surface area contributed by atoms with Crippen LogP contribution in [0.2, 0.25) is 0 Å². The molecule has 130 valence electrons. The second-order valence-corrected chi connectivity index (χ2v) is 6.39. The Hall–Kier alpha value is -1.92. The average molecular weight is 324 g/mol. The second kappa shape index (κ2) is 10.7. The van der Waals surface area contributed by atoms with Crippen LogP contribution in [0, 0.1) is 0 Å². The molecule has 0 aromatic heterocycles. The van der Waals surface area contributed by atoms with E-state index in [1.54, 1.807) is 0 Å². The summed E-state index contributed by atoms with van der Waals surface area (Å²) in [6.45, 7) is 2.13. The van der Waals surface area contributed by atoms with Gasteiger partial charge < -0.3 is 25.2 Å². The first kappa shape index (κ1) is 21.1. The van der Waals surface area contributed by atoms with Crippen molar-refractivity contribution in [3.05, 3.63) is 35.4 Å². The summed E-state index contributed by atoms with van der Waals surface area (Å²) in [5.41, 5.74) is 5.42. The van der Waals surface area contributed by atoms with Gasteiger partial charge in [0, 0.05) is 0 Å². The molecule has 0 amide bonds. The lowest BCUT2D eigenvalue weighted by atomic mass is 10.1. The van der Waals surface area contributed by atoms with E-state index in [1.807, 2.05) is 0 Å². The summed E-state index contributed by atoms with van der Waals surface area (Å²) in [4.78, 5) is 20.5. The van der Waals surface area contributed by atoms with Crippen LogP contribution in [0.5, 0.6) is 0 Å². The van der Waals surface area contributed by atoms with Crippen molar-refractivity contribution >= 4 is 11.9 Å². The van der Waals surface area contributed by atoms with Crippen LogP contribution in [0.3, 0.4) is 0 Å². The highest BCUT2D eigenvalue weighted by atomic mass is 16.4. The van der Waals surface area contributed by atoms with E-state index in [-0.39, 0.29) is 11.1 Å². The molecule has 0 aliphatic heterocycles. The van der Waals surface area contributed by atoms with Crippen LogP contribution < -0.4 is 10.8 Å². The van der Waals surface area contributed by atoms with Crippen LogP contribution in [-0.4, -0.2) is 55.8 Å². The van der Waals surface area contributed by atoms with Gasteiger partial charge in [0.25, 0.3) is 0 Å². The van der Waals surface area contributed by atoms with E-state index in [2.05, 4.69) is 21.1 Å². The molecular formula is C17H28N2O4. The number of hydrogen-bond donors (Lipinski definition) is 2. The normalized spacial score (nSPS) is 10.6. The van der Waals surface area contributed by atoms with Gasteiger partial charge in [-0.05, 0) is 43.5 Å². The Morgan fingerprint density at radius 2 is 1.48 bits per heavy atom. The van der Waals surface area contributed by atoms with Crippen molar-refractivity contribution in [2.75, 3.05) is 34.2 Å². The van der Waals surface area contributed by atoms with Crippen LogP contribution in [0.4, 0.5) is 0 Å². The van der Waals surface area contributed by atoms with E-state index < -0.39 is 11.9 Å². The number of benzene rings is 1. The highest BCUT2D eigenvalue weighted by Crippen LogP contribution is 2.03. The van der Waals surface area contributed by atoms with Gasteiger partial charge in [-0.1, -0.05) is 18.6 Å². The first-order chi connectivity index (χ1) is 10.7. The van der Waals surface area contributed by atoms with Crippen molar-refractivity contribution < 1.29 is 24.3 Å². The fourth-order valence-electron chi connectivity index (χ4n) is 1.83. The molecule has 0 saturated heterocycles. The molecule has 0 unspecified atom stereocenters. The van der Waals surface area contributed by atoms with Gasteiger partial charge in [0.1, 0.15) is 0 Å². The molecule has 0 bridgehead atoms. The van der Waals surface area contributed by atoms with Gasteiger partial charge in [-0.25, -0.2) is 4.79 Å². The Bertz CT molecular complexity index is 445. The van der Waals surface area contributed by atoms with Crippen molar-refractivity contribution in [1.82, 2.24) is 0 Å². The van der Waals surface area contributed by atoms with Gasteiger partial charge in [-0.3, -0.25) is 0 Å². The first-order valence-electron chi connectivity index (χ1n) is 7.72. The van der Waals surface area contributed by atoms with E-state index in [0.717, 1.165) is 11.0 Å². The molecule has 6 heteroatoms. The summed E-state index contributed by atoms with van der Waals surface area (Å²) in [7, 11) is 6.72. The van der Waals surface area contributed by atoms with E-state index in [9.17, 15) is 14.7 Å². The fraction of sp³-hybridized carbons (Fsp3) is 0.529. The lowest BCUT2D eigenvalue weighted by molar-refractivity contribution is -0.870. The largest absolute Gasteiger partial charge is 0.545 e. The topological polar surface area (TPSA) is 103 Å². The van der Waals surface area contributed by atoms with Crippen LogP contribution in [0.1, 0.15) is 46.4 Å². The Balaban J connectivity index is 0.000000423. The maximum Gasteiger partial charge on any atom is 0.335 e. The molecule has 0 saturated carbocycles. The van der Waals surface area contributed by atoms with Gasteiger partial charge in [0.15, 0.2) is 0 Å². The predicted molar refractivity (Wildman–Crippen MR) is 88.2 cm³/mol. The summed E-state index contributed by atoms with van der Waals surface area (Å²) in [5.74, 6) is -2.40. The SMILES string of the molecule is C[N+](C)(C)CCCCCCN.O=C([O-])c1ccc(C(=O)O)cc1. The quantitative estimate of drug-likeness (QED) is 0.547. The van der Waals surface area contributed by atoms with Gasteiger partial charge in [-0.15, -0.1) is 0 Å². The maximum atomic E-state index is 10.3. The zero-order valence-electron chi connectivity index (χ0n) is 14.2. The molecule has 0 aliphatic carbocycles. The molecule has 0 heterocycles. The number of rotatable bonds is 8. The van der Waals surface area contributed by atoms with E-state index in [4.69, 9.17) is 10.8 Å². The number of hydrogen-bond acceptors (Lipinski definition) is 4. The van der Waals surface area contributed by atoms with Gasteiger partial charge in [-0.2, -0.15) is 0 Å². The molecule has 1 aromatic carbocycles. The Kier molecular flexibility index (Phi) is 9.85. The third-order valence-corrected chi connectivity index (χ3v) is 3.15. The number of aromatic carboxylic acids is 2. The number of nitrogens with zero attached hydrogens (tertiary/aromatic N) is 1. The zero-order chi connectivity index (χ0) is 17.9. The monoisotopic (exact) mass is 324 g/mol. The average Bonchev–Trinajstić information content (AvgIpc) is 2.46. The van der Waals surface area contributed by atoms with Gasteiger partial charge in [0.05, 0.1) is 39.2 Å². The molecule has 1 rings (SSSR count). The van der Waals surface area contributed by atoms with E-state index in [0.29, 0.717) is 0 Å². The summed E-state index contributed by atoms with van der Waals surface area (Å²) in [6.07, 6.45) is 5.17. The highest BCUT2D eigenvalue weighted by molar-refractivity contribution is 5.90. The number of carbonyl (C=O) groups excluding carboxylic acids is 1. The molecule has 0 aliphatic rings. The molecule has 0 spiro atoms. The van der Waals surface area contributed by atoms with Crippen molar-refractivity contribution in [1.29, 1.82) is 0 Å². The molecule has 0 radical (unpaired) electrons. The standard InChI is InChI=1S/C9H23N2.C8H6O4/c1-11(2,3)9-7-5-4-6-8-10;9-7(10)5-1-2-6(4-3-5)8(11)12/h4-10H2,1-3H3;1-4H,(H,9,10)(H,11,12)/q+1;/p-1. The third-order valence-electron chi connectivity index (χ3n) is 3.15. The lowest BCUT2D eigenvalue weighted by Gasteiger charge is -2.23. The minimum atomic E-state index is -1.31. The molecule has 6 nitrogen and oxygen atoms in total. The molecule has 3 N–H and O–H groups in total. The summed E-state index contributed by atoms with van der Waals surface area (Å²) in [6, 6.07) is 4.82. The molecule has 0 fully saturated rings. The highest BCUT2D eigenvalue weighted by Gasteiger charge is 2.04. The van der Waals surface area contributed by atoms with Crippen molar-refractivity contribution in [2.45, 2.75) is 25.7 Å². The van der Waals surface area contributed by atoms with Crippen molar-refractivity contribution in [3.63, 3.8) is 0 Å².